The zero-order chi connectivity index (χ0) is 22.6. The fraction of sp³-hybridized carbons (Fsp3) is 0.185. The second-order valence-corrected chi connectivity index (χ2v) is 7.05. The van der Waals surface area contributed by atoms with Gasteiger partial charge in [0.05, 0.1) is 18.8 Å². The van der Waals surface area contributed by atoms with Crippen LogP contribution in [0, 0.1) is 0 Å². The van der Waals surface area contributed by atoms with Gasteiger partial charge in [-0.15, -0.1) is 0 Å². The monoisotopic (exact) mass is 430 g/mol. The molecule has 0 saturated carbocycles. The van der Waals surface area contributed by atoms with E-state index in [0.29, 0.717) is 36.7 Å². The lowest BCUT2D eigenvalue weighted by atomic mass is 10.1. The van der Waals surface area contributed by atoms with Gasteiger partial charge in [0.15, 0.2) is 11.5 Å². The molecule has 0 heterocycles. The Hall–Kier alpha value is -3.86. The van der Waals surface area contributed by atoms with Crippen molar-refractivity contribution in [3.8, 4) is 11.5 Å². The van der Waals surface area contributed by atoms with Crippen molar-refractivity contribution in [2.75, 3.05) is 13.2 Å². The lowest BCUT2D eigenvalue weighted by Crippen LogP contribution is -2.09. The maximum Gasteiger partial charge on any atom is 0.343 e. The maximum absolute atomic E-state index is 12.4. The van der Waals surface area contributed by atoms with Crippen LogP contribution in [0.5, 0.6) is 11.5 Å². The van der Waals surface area contributed by atoms with Gasteiger partial charge in [-0.05, 0) is 47.9 Å². The molecular formula is C27H26O5. The van der Waals surface area contributed by atoms with Gasteiger partial charge >= 0.3 is 11.9 Å². The summed E-state index contributed by atoms with van der Waals surface area (Å²) >= 11 is 0. The van der Waals surface area contributed by atoms with Crippen LogP contribution in [0.4, 0.5) is 0 Å². The molecule has 0 amide bonds. The zero-order valence-electron chi connectivity index (χ0n) is 18.0. The van der Waals surface area contributed by atoms with Crippen LogP contribution < -0.4 is 9.47 Å². The molecule has 3 aromatic carbocycles. The van der Waals surface area contributed by atoms with Crippen molar-refractivity contribution in [3.05, 3.63) is 102 Å². The van der Waals surface area contributed by atoms with Crippen LogP contribution in [0.1, 0.15) is 34.8 Å². The summed E-state index contributed by atoms with van der Waals surface area (Å²) < 4.78 is 16.5. The molecule has 0 saturated heterocycles. The Kier molecular flexibility index (Phi) is 8.63. The number of carbonyl (C=O) groups excluding carboxylic acids is 2. The molecule has 3 aromatic rings. The van der Waals surface area contributed by atoms with E-state index in [4.69, 9.17) is 14.2 Å². The first-order chi connectivity index (χ1) is 15.7. The van der Waals surface area contributed by atoms with E-state index in [-0.39, 0.29) is 0 Å². The first kappa shape index (κ1) is 22.8. The van der Waals surface area contributed by atoms with Gasteiger partial charge in [0.2, 0.25) is 0 Å². The minimum Gasteiger partial charge on any atom is -0.490 e. The summed E-state index contributed by atoms with van der Waals surface area (Å²) in [6, 6.07) is 23.8. The number of rotatable bonds is 10. The second kappa shape index (κ2) is 12.1. The van der Waals surface area contributed by atoms with E-state index >= 15 is 0 Å². The molecule has 0 bridgehead atoms. The molecule has 5 nitrogen and oxygen atoms in total. The minimum absolute atomic E-state index is 0.312. The van der Waals surface area contributed by atoms with E-state index in [2.05, 4.69) is 0 Å². The number of esters is 2. The Morgan fingerprint density at radius 1 is 0.844 bits per heavy atom. The molecule has 3 rings (SSSR count). The average Bonchev–Trinajstić information content (AvgIpc) is 2.83. The van der Waals surface area contributed by atoms with Crippen molar-refractivity contribution in [1.29, 1.82) is 0 Å². The van der Waals surface area contributed by atoms with Gasteiger partial charge in [-0.2, -0.15) is 0 Å². The smallest absolute Gasteiger partial charge is 0.343 e. The first-order valence-corrected chi connectivity index (χ1v) is 10.6. The molecule has 5 heteroatoms. The third kappa shape index (κ3) is 7.13. The van der Waals surface area contributed by atoms with Gasteiger partial charge in [0, 0.05) is 12.5 Å². The summed E-state index contributed by atoms with van der Waals surface area (Å²) in [5.74, 6) is -0.112. The number of hydrogen-bond acceptors (Lipinski definition) is 5. The molecule has 164 valence electrons. The highest BCUT2D eigenvalue weighted by Gasteiger charge is 2.13. The summed E-state index contributed by atoms with van der Waals surface area (Å²) in [6.07, 6.45) is 4.49. The van der Waals surface area contributed by atoms with Crippen LogP contribution >= 0.6 is 0 Å². The molecule has 0 aromatic heterocycles. The lowest BCUT2D eigenvalue weighted by molar-refractivity contribution is -0.137. The molecule has 0 unspecified atom stereocenters. The average molecular weight is 431 g/mol. The normalized spacial score (nSPS) is 10.7. The molecule has 0 aliphatic rings. The molecule has 0 aliphatic heterocycles. The van der Waals surface area contributed by atoms with Crippen molar-refractivity contribution >= 4 is 18.0 Å². The number of ether oxygens (including phenoxy) is 3. The predicted octanol–water partition coefficient (Wildman–Crippen LogP) is 5.49. The largest absolute Gasteiger partial charge is 0.490 e. The van der Waals surface area contributed by atoms with Crippen LogP contribution in [0.25, 0.3) is 6.08 Å². The van der Waals surface area contributed by atoms with Gasteiger partial charge in [-0.25, -0.2) is 9.59 Å². The summed E-state index contributed by atoms with van der Waals surface area (Å²) in [4.78, 5) is 24.4. The number of carbonyl (C=O) groups is 2. The number of benzene rings is 3. The summed E-state index contributed by atoms with van der Waals surface area (Å²) in [6.45, 7) is 2.78. The molecule has 0 radical (unpaired) electrons. The Balaban J connectivity index is 1.62. The Morgan fingerprint density at radius 2 is 1.56 bits per heavy atom. The summed E-state index contributed by atoms with van der Waals surface area (Å²) in [5, 5.41) is 0. The van der Waals surface area contributed by atoms with Gasteiger partial charge in [0.25, 0.3) is 0 Å². The van der Waals surface area contributed by atoms with Crippen LogP contribution in [-0.4, -0.2) is 25.2 Å². The Bertz CT molecular complexity index is 1040. The fourth-order valence-corrected chi connectivity index (χ4v) is 2.90. The highest BCUT2D eigenvalue weighted by Crippen LogP contribution is 2.30. The standard InChI is InChI=1S/C27H26O5/c1-2-18-30-25-20-22(13-15-24(25)32-27(29)23-11-7-4-8-12-23)14-16-26(28)31-19-17-21-9-5-3-6-10-21/h3-16,20H,2,17-19H2,1H3/b16-14+. The van der Waals surface area contributed by atoms with Gasteiger partial charge in [-0.3, -0.25) is 0 Å². The van der Waals surface area contributed by atoms with E-state index in [1.807, 2.05) is 43.3 Å². The van der Waals surface area contributed by atoms with Crippen molar-refractivity contribution in [2.24, 2.45) is 0 Å². The van der Waals surface area contributed by atoms with Gasteiger partial charge in [0.1, 0.15) is 0 Å². The molecule has 0 atom stereocenters. The maximum atomic E-state index is 12.4. The predicted molar refractivity (Wildman–Crippen MR) is 124 cm³/mol. The molecule has 0 fully saturated rings. The van der Waals surface area contributed by atoms with Gasteiger partial charge < -0.3 is 14.2 Å². The molecule has 32 heavy (non-hydrogen) atoms. The topological polar surface area (TPSA) is 61.8 Å². The molecule has 0 N–H and O–H groups in total. The lowest BCUT2D eigenvalue weighted by Gasteiger charge is -2.12. The Morgan fingerprint density at radius 3 is 2.28 bits per heavy atom. The summed E-state index contributed by atoms with van der Waals surface area (Å²) in [7, 11) is 0. The fourth-order valence-electron chi connectivity index (χ4n) is 2.90. The van der Waals surface area contributed by atoms with E-state index in [9.17, 15) is 9.59 Å². The van der Waals surface area contributed by atoms with Gasteiger partial charge in [-0.1, -0.05) is 61.5 Å². The van der Waals surface area contributed by atoms with E-state index < -0.39 is 11.9 Å². The van der Waals surface area contributed by atoms with E-state index in [0.717, 1.165) is 17.5 Å². The van der Waals surface area contributed by atoms with Crippen LogP contribution in [0.3, 0.4) is 0 Å². The highest BCUT2D eigenvalue weighted by atomic mass is 16.6. The van der Waals surface area contributed by atoms with Crippen molar-refractivity contribution in [1.82, 2.24) is 0 Å². The third-order valence-corrected chi connectivity index (χ3v) is 4.53. The van der Waals surface area contributed by atoms with Crippen molar-refractivity contribution in [3.63, 3.8) is 0 Å². The van der Waals surface area contributed by atoms with Crippen molar-refractivity contribution < 1.29 is 23.8 Å². The van der Waals surface area contributed by atoms with Crippen LogP contribution in [-0.2, 0) is 16.0 Å². The minimum atomic E-state index is -0.461. The van der Waals surface area contributed by atoms with E-state index in [1.54, 1.807) is 48.5 Å². The molecule has 0 aliphatic carbocycles. The first-order valence-electron chi connectivity index (χ1n) is 10.6. The quantitative estimate of drug-likeness (QED) is 0.242. The van der Waals surface area contributed by atoms with Crippen molar-refractivity contribution in [2.45, 2.75) is 19.8 Å². The third-order valence-electron chi connectivity index (χ3n) is 4.53. The van der Waals surface area contributed by atoms with Crippen LogP contribution in [0.15, 0.2) is 84.9 Å². The van der Waals surface area contributed by atoms with E-state index in [1.165, 1.54) is 6.08 Å². The van der Waals surface area contributed by atoms with Crippen LogP contribution in [0.2, 0.25) is 0 Å². The number of hydrogen-bond donors (Lipinski definition) is 0. The SMILES string of the molecule is CCCOc1cc(/C=C/C(=O)OCCc2ccccc2)ccc1OC(=O)c1ccccc1. The zero-order valence-corrected chi connectivity index (χ0v) is 18.0. The highest BCUT2D eigenvalue weighted by molar-refractivity contribution is 5.91. The summed E-state index contributed by atoms with van der Waals surface area (Å²) in [5.41, 5.74) is 2.30. The molecular weight excluding hydrogens is 404 g/mol. The Labute approximate surface area is 188 Å². The second-order valence-electron chi connectivity index (χ2n) is 7.05. The molecule has 0 spiro atoms.